The number of hydrogen-bond donors (Lipinski definition) is 3. The van der Waals surface area contributed by atoms with Gasteiger partial charge in [-0.15, -0.1) is 0 Å². The van der Waals surface area contributed by atoms with Gasteiger partial charge in [0.2, 0.25) is 5.91 Å². The van der Waals surface area contributed by atoms with E-state index < -0.39 is 0 Å². The monoisotopic (exact) mass is 286 g/mol. The molecule has 0 spiro atoms. The molecule has 0 saturated carbocycles. The van der Waals surface area contributed by atoms with Crippen LogP contribution in [0.25, 0.3) is 0 Å². The van der Waals surface area contributed by atoms with Crippen molar-refractivity contribution in [2.24, 2.45) is 10.9 Å². The van der Waals surface area contributed by atoms with E-state index >= 15 is 0 Å². The lowest BCUT2D eigenvalue weighted by Gasteiger charge is -2.11. The van der Waals surface area contributed by atoms with Crippen molar-refractivity contribution in [1.82, 2.24) is 16.0 Å². The summed E-state index contributed by atoms with van der Waals surface area (Å²) in [4.78, 5) is 15.1. The first kappa shape index (κ1) is 18.7. The lowest BCUT2D eigenvalue weighted by Crippen LogP contribution is -2.41. The standard InChI is InChI=1S/C14H30N4O2/c1-5-15-14(17-8-7-16-13(4)19)18-9-11-20-10-6-12(2)3/h12H,5-11H2,1-4H3,(H,16,19)(H2,15,17,18). The van der Waals surface area contributed by atoms with E-state index in [0.717, 1.165) is 25.5 Å². The van der Waals surface area contributed by atoms with Gasteiger partial charge in [0, 0.05) is 33.2 Å². The van der Waals surface area contributed by atoms with E-state index in [9.17, 15) is 4.79 Å². The van der Waals surface area contributed by atoms with Crippen molar-refractivity contribution < 1.29 is 9.53 Å². The Hall–Kier alpha value is -1.30. The maximum absolute atomic E-state index is 10.7. The predicted molar refractivity (Wildman–Crippen MR) is 82.9 cm³/mol. The molecule has 0 fully saturated rings. The molecule has 0 aromatic carbocycles. The van der Waals surface area contributed by atoms with Gasteiger partial charge in [0.05, 0.1) is 13.2 Å². The Morgan fingerprint density at radius 3 is 2.45 bits per heavy atom. The minimum Gasteiger partial charge on any atom is -0.380 e. The molecule has 0 atom stereocenters. The molecule has 6 heteroatoms. The van der Waals surface area contributed by atoms with Crippen LogP contribution in [0.5, 0.6) is 0 Å². The molecule has 0 bridgehead atoms. The van der Waals surface area contributed by atoms with Crippen LogP contribution in [0.15, 0.2) is 4.99 Å². The van der Waals surface area contributed by atoms with Crippen LogP contribution in [-0.4, -0.2) is 51.3 Å². The normalized spacial score (nSPS) is 11.6. The number of carbonyl (C=O) groups excluding carboxylic acids is 1. The highest BCUT2D eigenvalue weighted by Gasteiger charge is 1.97. The Morgan fingerprint density at radius 2 is 1.85 bits per heavy atom. The van der Waals surface area contributed by atoms with E-state index in [1.807, 2.05) is 6.92 Å². The molecule has 0 radical (unpaired) electrons. The molecule has 118 valence electrons. The quantitative estimate of drug-likeness (QED) is 0.315. The zero-order chi connectivity index (χ0) is 15.2. The van der Waals surface area contributed by atoms with Crippen molar-refractivity contribution in [3.63, 3.8) is 0 Å². The van der Waals surface area contributed by atoms with Gasteiger partial charge in [-0.05, 0) is 19.3 Å². The summed E-state index contributed by atoms with van der Waals surface area (Å²) in [7, 11) is 0. The average Bonchev–Trinajstić information content (AvgIpc) is 2.37. The lowest BCUT2D eigenvalue weighted by atomic mass is 10.1. The summed E-state index contributed by atoms with van der Waals surface area (Å²) in [6.07, 6.45) is 1.08. The van der Waals surface area contributed by atoms with Crippen molar-refractivity contribution in [1.29, 1.82) is 0 Å². The molecule has 0 unspecified atom stereocenters. The summed E-state index contributed by atoms with van der Waals surface area (Å²) in [5, 5.41) is 9.03. The second-order valence-electron chi connectivity index (χ2n) is 4.97. The fourth-order valence-electron chi connectivity index (χ4n) is 1.40. The van der Waals surface area contributed by atoms with Gasteiger partial charge in [0.15, 0.2) is 5.96 Å². The number of nitrogens with one attached hydrogen (secondary N) is 3. The van der Waals surface area contributed by atoms with Crippen molar-refractivity contribution in [2.75, 3.05) is 39.4 Å². The van der Waals surface area contributed by atoms with Crippen molar-refractivity contribution in [2.45, 2.75) is 34.1 Å². The maximum atomic E-state index is 10.7. The molecule has 0 aliphatic rings. The van der Waals surface area contributed by atoms with Crippen LogP contribution in [0, 0.1) is 5.92 Å². The fourth-order valence-corrected chi connectivity index (χ4v) is 1.40. The zero-order valence-corrected chi connectivity index (χ0v) is 13.3. The maximum Gasteiger partial charge on any atom is 0.216 e. The highest BCUT2D eigenvalue weighted by Crippen LogP contribution is 1.98. The first-order valence-corrected chi connectivity index (χ1v) is 7.40. The third-order valence-electron chi connectivity index (χ3n) is 2.48. The summed E-state index contributed by atoms with van der Waals surface area (Å²) in [5.41, 5.74) is 0. The number of ether oxygens (including phenoxy) is 1. The third kappa shape index (κ3) is 13.1. The topological polar surface area (TPSA) is 74.8 Å². The summed E-state index contributed by atoms with van der Waals surface area (Å²) in [5.74, 6) is 1.41. The Balaban J connectivity index is 3.74. The summed E-state index contributed by atoms with van der Waals surface area (Å²) < 4.78 is 5.51. The first-order chi connectivity index (χ1) is 9.56. The van der Waals surface area contributed by atoms with Crippen LogP contribution in [0.4, 0.5) is 0 Å². The molecular weight excluding hydrogens is 256 g/mol. The predicted octanol–water partition coefficient (Wildman–Crippen LogP) is 0.740. The average molecular weight is 286 g/mol. The van der Waals surface area contributed by atoms with Crippen LogP contribution in [0.3, 0.4) is 0 Å². The highest BCUT2D eigenvalue weighted by molar-refractivity contribution is 5.79. The van der Waals surface area contributed by atoms with Gasteiger partial charge >= 0.3 is 0 Å². The number of nitrogens with zero attached hydrogens (tertiary/aromatic N) is 1. The van der Waals surface area contributed by atoms with Gasteiger partial charge in [0.25, 0.3) is 0 Å². The van der Waals surface area contributed by atoms with E-state index in [2.05, 4.69) is 34.8 Å². The summed E-state index contributed by atoms with van der Waals surface area (Å²) in [6, 6.07) is 0. The van der Waals surface area contributed by atoms with E-state index in [4.69, 9.17) is 4.74 Å². The van der Waals surface area contributed by atoms with Crippen LogP contribution in [0.1, 0.15) is 34.1 Å². The molecule has 3 N–H and O–H groups in total. The molecule has 20 heavy (non-hydrogen) atoms. The molecule has 0 saturated heterocycles. The number of carbonyl (C=O) groups is 1. The van der Waals surface area contributed by atoms with Crippen LogP contribution in [0.2, 0.25) is 0 Å². The molecule has 0 aliphatic carbocycles. The second-order valence-corrected chi connectivity index (χ2v) is 4.97. The van der Waals surface area contributed by atoms with Crippen LogP contribution < -0.4 is 16.0 Å². The minimum atomic E-state index is -0.0210. The van der Waals surface area contributed by atoms with Crippen molar-refractivity contribution >= 4 is 11.9 Å². The smallest absolute Gasteiger partial charge is 0.216 e. The molecule has 1 amide bonds. The molecule has 0 aromatic heterocycles. The lowest BCUT2D eigenvalue weighted by molar-refractivity contribution is -0.118. The number of guanidine groups is 1. The van der Waals surface area contributed by atoms with E-state index in [1.165, 1.54) is 6.92 Å². The molecule has 0 aliphatic heterocycles. The molecule has 0 rings (SSSR count). The number of hydrogen-bond acceptors (Lipinski definition) is 3. The number of aliphatic imine (C=N–C) groups is 1. The van der Waals surface area contributed by atoms with E-state index in [0.29, 0.717) is 32.2 Å². The fraction of sp³-hybridized carbons (Fsp3) is 0.857. The summed E-state index contributed by atoms with van der Waals surface area (Å²) in [6.45, 7) is 12.0. The number of rotatable bonds is 10. The number of amides is 1. The van der Waals surface area contributed by atoms with Crippen molar-refractivity contribution in [3.05, 3.63) is 0 Å². The first-order valence-electron chi connectivity index (χ1n) is 7.40. The van der Waals surface area contributed by atoms with Crippen LogP contribution >= 0.6 is 0 Å². The minimum absolute atomic E-state index is 0.0210. The Labute approximate surface area is 122 Å². The van der Waals surface area contributed by atoms with Gasteiger partial charge in [-0.1, -0.05) is 13.8 Å². The third-order valence-corrected chi connectivity index (χ3v) is 2.48. The van der Waals surface area contributed by atoms with Gasteiger partial charge in [0.1, 0.15) is 0 Å². The Morgan fingerprint density at radius 1 is 1.15 bits per heavy atom. The SMILES string of the molecule is CCNC(=NCCOCCC(C)C)NCCNC(C)=O. The summed E-state index contributed by atoms with van der Waals surface area (Å²) >= 11 is 0. The molecular formula is C14H30N4O2. The molecule has 6 nitrogen and oxygen atoms in total. The molecule has 0 aromatic rings. The Kier molecular flexibility index (Phi) is 11.9. The Bertz CT molecular complexity index is 280. The van der Waals surface area contributed by atoms with Crippen LogP contribution in [-0.2, 0) is 9.53 Å². The second kappa shape index (κ2) is 12.7. The van der Waals surface area contributed by atoms with E-state index in [-0.39, 0.29) is 5.91 Å². The van der Waals surface area contributed by atoms with Crippen molar-refractivity contribution in [3.8, 4) is 0 Å². The van der Waals surface area contributed by atoms with Gasteiger partial charge in [-0.25, -0.2) is 0 Å². The van der Waals surface area contributed by atoms with E-state index in [1.54, 1.807) is 0 Å². The zero-order valence-electron chi connectivity index (χ0n) is 13.3. The largest absolute Gasteiger partial charge is 0.380 e. The van der Waals surface area contributed by atoms with Gasteiger partial charge in [-0.2, -0.15) is 0 Å². The molecule has 0 heterocycles. The van der Waals surface area contributed by atoms with Gasteiger partial charge in [-0.3, -0.25) is 9.79 Å². The highest BCUT2D eigenvalue weighted by atomic mass is 16.5. The van der Waals surface area contributed by atoms with Gasteiger partial charge < -0.3 is 20.7 Å².